The number of halogens is 2. The molecule has 1 unspecified atom stereocenters. The molecule has 0 spiro atoms. The summed E-state index contributed by atoms with van der Waals surface area (Å²) in [7, 11) is 0. The first-order chi connectivity index (χ1) is 10.1. The van der Waals surface area contributed by atoms with Crippen LogP contribution in [-0.2, 0) is 6.42 Å². The zero-order chi connectivity index (χ0) is 15.2. The van der Waals surface area contributed by atoms with Gasteiger partial charge in [-0.3, -0.25) is 0 Å². The molecule has 1 aromatic heterocycles. The predicted molar refractivity (Wildman–Crippen MR) is 80.5 cm³/mol. The zero-order valence-corrected chi connectivity index (χ0v) is 12.7. The van der Waals surface area contributed by atoms with Crippen molar-refractivity contribution in [2.75, 3.05) is 6.54 Å². The third-order valence-corrected chi connectivity index (χ3v) is 3.87. The summed E-state index contributed by atoms with van der Waals surface area (Å²) >= 11 is 5.99. The van der Waals surface area contributed by atoms with Crippen molar-refractivity contribution in [1.29, 1.82) is 0 Å². The molecule has 1 heterocycles. The molecule has 0 aliphatic carbocycles. The van der Waals surface area contributed by atoms with Crippen LogP contribution in [0.15, 0.2) is 22.7 Å². The average molecular weight is 312 g/mol. The Kier molecular flexibility index (Phi) is 5.70. The lowest BCUT2D eigenvalue weighted by Crippen LogP contribution is -2.09. The fourth-order valence-electron chi connectivity index (χ4n) is 2.25. The zero-order valence-electron chi connectivity index (χ0n) is 12.0. The smallest absolute Gasteiger partial charge is 0.226 e. The molecule has 0 fully saturated rings. The fourth-order valence-corrected chi connectivity index (χ4v) is 2.50. The van der Waals surface area contributed by atoms with E-state index in [0.717, 1.165) is 19.3 Å². The fraction of sp³-hybridized carbons (Fsp3) is 0.467. The van der Waals surface area contributed by atoms with Crippen molar-refractivity contribution in [3.63, 3.8) is 0 Å². The molecule has 0 aliphatic rings. The van der Waals surface area contributed by atoms with E-state index in [0.29, 0.717) is 36.2 Å². The van der Waals surface area contributed by atoms with Crippen LogP contribution in [0.3, 0.4) is 0 Å². The number of hydrogen-bond acceptors (Lipinski definition) is 4. The van der Waals surface area contributed by atoms with Crippen LogP contribution >= 0.6 is 11.6 Å². The quantitative estimate of drug-likeness (QED) is 0.843. The first-order valence-electron chi connectivity index (χ1n) is 7.12. The maximum atomic E-state index is 13.0. The summed E-state index contributed by atoms with van der Waals surface area (Å²) in [5.41, 5.74) is 6.16. The van der Waals surface area contributed by atoms with Crippen LogP contribution in [0.2, 0.25) is 5.02 Å². The Morgan fingerprint density at radius 3 is 2.86 bits per heavy atom. The summed E-state index contributed by atoms with van der Waals surface area (Å²) in [4.78, 5) is 4.32. The molecule has 1 aromatic carbocycles. The highest BCUT2D eigenvalue weighted by molar-refractivity contribution is 6.33. The Bertz CT molecular complexity index is 588. The van der Waals surface area contributed by atoms with Crippen molar-refractivity contribution < 1.29 is 8.91 Å². The van der Waals surface area contributed by atoms with Gasteiger partial charge in [-0.2, -0.15) is 4.98 Å². The van der Waals surface area contributed by atoms with Gasteiger partial charge in [0, 0.05) is 12.0 Å². The van der Waals surface area contributed by atoms with Gasteiger partial charge in [-0.1, -0.05) is 30.1 Å². The molecule has 1 atom stereocenters. The topological polar surface area (TPSA) is 64.9 Å². The third kappa shape index (κ3) is 4.25. The van der Waals surface area contributed by atoms with Gasteiger partial charge in [-0.25, -0.2) is 4.39 Å². The second kappa shape index (κ2) is 7.52. The number of rotatable bonds is 7. The van der Waals surface area contributed by atoms with E-state index in [1.165, 1.54) is 12.1 Å². The van der Waals surface area contributed by atoms with E-state index in [4.69, 9.17) is 21.9 Å². The lowest BCUT2D eigenvalue weighted by Gasteiger charge is -2.11. The molecule has 0 saturated heterocycles. The van der Waals surface area contributed by atoms with E-state index < -0.39 is 0 Å². The van der Waals surface area contributed by atoms with Gasteiger partial charge in [0.25, 0.3) is 0 Å². The minimum atomic E-state index is -0.389. The van der Waals surface area contributed by atoms with Crippen LogP contribution in [0.5, 0.6) is 0 Å². The molecule has 114 valence electrons. The van der Waals surface area contributed by atoms with Crippen LogP contribution in [-0.4, -0.2) is 16.7 Å². The summed E-state index contributed by atoms with van der Waals surface area (Å²) in [5, 5.41) is 4.18. The second-order valence-corrected chi connectivity index (χ2v) is 5.43. The molecule has 2 N–H and O–H groups in total. The Balaban J connectivity index is 2.04. The molecule has 0 radical (unpaired) electrons. The standard InChI is InChI=1S/C15H19ClFN3O/c1-2-10(7-8-18)3-6-14-19-15(20-21-14)12-5-4-11(17)9-13(12)16/h4-5,9-10H,2-3,6-8,18H2,1H3. The van der Waals surface area contributed by atoms with E-state index in [9.17, 15) is 4.39 Å². The highest BCUT2D eigenvalue weighted by Crippen LogP contribution is 2.26. The molecule has 0 aliphatic heterocycles. The molecule has 4 nitrogen and oxygen atoms in total. The molecule has 0 saturated carbocycles. The van der Waals surface area contributed by atoms with E-state index in [2.05, 4.69) is 17.1 Å². The molecule has 2 aromatic rings. The molecular weight excluding hydrogens is 293 g/mol. The van der Waals surface area contributed by atoms with Gasteiger partial charge in [0.2, 0.25) is 11.7 Å². The normalized spacial score (nSPS) is 12.6. The van der Waals surface area contributed by atoms with Crippen molar-refractivity contribution in [3.05, 3.63) is 34.9 Å². The summed E-state index contributed by atoms with van der Waals surface area (Å²) in [6, 6.07) is 4.11. The Morgan fingerprint density at radius 1 is 1.38 bits per heavy atom. The van der Waals surface area contributed by atoms with Crippen molar-refractivity contribution in [2.45, 2.75) is 32.6 Å². The summed E-state index contributed by atoms with van der Waals surface area (Å²) in [6.07, 6.45) is 3.76. The molecule has 6 heteroatoms. The molecular formula is C15H19ClFN3O. The first kappa shape index (κ1) is 15.9. The van der Waals surface area contributed by atoms with E-state index >= 15 is 0 Å². The van der Waals surface area contributed by atoms with Crippen molar-refractivity contribution >= 4 is 11.6 Å². The Hall–Kier alpha value is -1.46. The van der Waals surface area contributed by atoms with Crippen LogP contribution in [0.1, 0.15) is 32.1 Å². The maximum Gasteiger partial charge on any atom is 0.226 e. The van der Waals surface area contributed by atoms with Gasteiger partial charge in [0.05, 0.1) is 5.02 Å². The van der Waals surface area contributed by atoms with Gasteiger partial charge < -0.3 is 10.3 Å². The van der Waals surface area contributed by atoms with Gasteiger partial charge in [0.1, 0.15) is 5.82 Å². The summed E-state index contributed by atoms with van der Waals surface area (Å²) < 4.78 is 18.3. The van der Waals surface area contributed by atoms with Crippen LogP contribution in [0, 0.1) is 11.7 Å². The third-order valence-electron chi connectivity index (χ3n) is 3.56. The SMILES string of the molecule is CCC(CCN)CCc1nc(-c2ccc(F)cc2Cl)no1. The van der Waals surface area contributed by atoms with Crippen LogP contribution in [0.4, 0.5) is 4.39 Å². The predicted octanol–water partition coefficient (Wildman–Crippen LogP) is 3.84. The Morgan fingerprint density at radius 2 is 2.19 bits per heavy atom. The van der Waals surface area contributed by atoms with Crippen molar-refractivity contribution in [3.8, 4) is 11.4 Å². The van der Waals surface area contributed by atoms with Gasteiger partial charge in [-0.15, -0.1) is 0 Å². The highest BCUT2D eigenvalue weighted by Gasteiger charge is 2.14. The molecule has 0 bridgehead atoms. The van der Waals surface area contributed by atoms with Crippen LogP contribution in [0.25, 0.3) is 11.4 Å². The average Bonchev–Trinajstić information content (AvgIpc) is 2.92. The van der Waals surface area contributed by atoms with E-state index in [-0.39, 0.29) is 10.8 Å². The lowest BCUT2D eigenvalue weighted by molar-refractivity contribution is 0.354. The highest BCUT2D eigenvalue weighted by atomic mass is 35.5. The largest absolute Gasteiger partial charge is 0.339 e. The Labute approximate surface area is 128 Å². The van der Waals surface area contributed by atoms with E-state index in [1.54, 1.807) is 6.07 Å². The second-order valence-electron chi connectivity index (χ2n) is 5.03. The van der Waals surface area contributed by atoms with Gasteiger partial charge in [0.15, 0.2) is 0 Å². The summed E-state index contributed by atoms with van der Waals surface area (Å²) in [5.74, 6) is 1.14. The van der Waals surface area contributed by atoms with Gasteiger partial charge in [-0.05, 0) is 43.5 Å². The number of nitrogens with two attached hydrogens (primary N) is 1. The van der Waals surface area contributed by atoms with E-state index in [1.807, 2.05) is 0 Å². The molecule has 0 amide bonds. The minimum absolute atomic E-state index is 0.275. The van der Waals surface area contributed by atoms with Crippen molar-refractivity contribution in [1.82, 2.24) is 10.1 Å². The van der Waals surface area contributed by atoms with Crippen molar-refractivity contribution in [2.24, 2.45) is 11.7 Å². The lowest BCUT2D eigenvalue weighted by atomic mass is 9.97. The first-order valence-corrected chi connectivity index (χ1v) is 7.50. The number of hydrogen-bond donors (Lipinski definition) is 1. The maximum absolute atomic E-state index is 13.0. The minimum Gasteiger partial charge on any atom is -0.339 e. The summed E-state index contributed by atoms with van der Waals surface area (Å²) in [6.45, 7) is 2.84. The number of aromatic nitrogens is 2. The molecule has 2 rings (SSSR count). The van der Waals surface area contributed by atoms with Crippen LogP contribution < -0.4 is 5.73 Å². The number of nitrogens with zero attached hydrogens (tertiary/aromatic N) is 2. The molecule has 21 heavy (non-hydrogen) atoms. The van der Waals surface area contributed by atoms with Gasteiger partial charge >= 0.3 is 0 Å². The number of aryl methyl sites for hydroxylation is 1. The number of benzene rings is 1. The monoisotopic (exact) mass is 311 g/mol.